The average Bonchev–Trinajstić information content (AvgIpc) is 2.88. The lowest BCUT2D eigenvalue weighted by molar-refractivity contribution is -0.127. The van der Waals surface area contributed by atoms with Gasteiger partial charge in [0.05, 0.1) is 0 Å². The van der Waals surface area contributed by atoms with Gasteiger partial charge in [-0.3, -0.25) is 9.69 Å². The van der Waals surface area contributed by atoms with Crippen LogP contribution >= 0.6 is 0 Å². The van der Waals surface area contributed by atoms with Crippen LogP contribution in [0.1, 0.15) is 50.7 Å². The summed E-state index contributed by atoms with van der Waals surface area (Å²) in [4.78, 5) is 16.3. The number of nitrogens with two attached hydrogens (primary N) is 2. The lowest BCUT2D eigenvalue weighted by Crippen LogP contribution is -2.54. The van der Waals surface area contributed by atoms with E-state index in [0.29, 0.717) is 18.6 Å². The van der Waals surface area contributed by atoms with Gasteiger partial charge in [-0.2, -0.15) is 0 Å². The lowest BCUT2D eigenvalue weighted by Gasteiger charge is -2.47. The first kappa shape index (κ1) is 33.4. The standard InChI is InChI=1S/C27H40N4O2.C2H7N.CH5N/c1-7-27(32)30-12-10-25(11-13-30)31-16-24(17-31)23-8-9-26(19(2)14-23)33-18-21(4)22(5)20(3)15-29(6)28;1-3-2;1-2/h7-9,14-15,24-25H,1,10-13,16-18,28H2,2-6H3;3H,1-2H3;2H2,1H3/b20-15+,22-21-;;. The van der Waals surface area contributed by atoms with E-state index in [-0.39, 0.29) is 5.91 Å². The summed E-state index contributed by atoms with van der Waals surface area (Å²) in [5.41, 5.74) is 10.6. The van der Waals surface area contributed by atoms with E-state index >= 15 is 0 Å². The molecule has 0 unspecified atom stereocenters. The predicted molar refractivity (Wildman–Crippen MR) is 160 cm³/mol. The smallest absolute Gasteiger partial charge is 0.245 e. The first-order chi connectivity index (χ1) is 18.1. The number of hydrogen-bond donors (Lipinski definition) is 3. The summed E-state index contributed by atoms with van der Waals surface area (Å²) in [5.74, 6) is 7.31. The Morgan fingerprint density at radius 2 is 1.76 bits per heavy atom. The van der Waals surface area contributed by atoms with Crippen molar-refractivity contribution in [2.75, 3.05) is 61.0 Å². The molecule has 5 N–H and O–H groups in total. The molecular formula is C30H52N6O2. The van der Waals surface area contributed by atoms with Crippen LogP contribution in [0.3, 0.4) is 0 Å². The van der Waals surface area contributed by atoms with Crippen LogP contribution in [-0.4, -0.2) is 87.7 Å². The van der Waals surface area contributed by atoms with Gasteiger partial charge in [0.1, 0.15) is 12.4 Å². The molecule has 0 bridgehead atoms. The van der Waals surface area contributed by atoms with Crippen LogP contribution in [0, 0.1) is 6.92 Å². The molecule has 8 heteroatoms. The van der Waals surface area contributed by atoms with Crippen LogP contribution in [0.25, 0.3) is 0 Å². The van der Waals surface area contributed by atoms with Crippen LogP contribution in [0.15, 0.2) is 53.8 Å². The quantitative estimate of drug-likeness (QED) is 0.206. The van der Waals surface area contributed by atoms with Gasteiger partial charge < -0.3 is 25.7 Å². The van der Waals surface area contributed by atoms with Crippen molar-refractivity contribution in [3.05, 3.63) is 64.9 Å². The van der Waals surface area contributed by atoms with E-state index < -0.39 is 0 Å². The number of benzene rings is 1. The second kappa shape index (κ2) is 17.0. The number of piperidine rings is 1. The maximum Gasteiger partial charge on any atom is 0.245 e. The highest BCUT2D eigenvalue weighted by Crippen LogP contribution is 2.34. The molecule has 1 aromatic carbocycles. The van der Waals surface area contributed by atoms with E-state index in [1.165, 1.54) is 35.4 Å². The van der Waals surface area contributed by atoms with Crippen LogP contribution in [0.4, 0.5) is 0 Å². The fraction of sp³-hybridized carbons (Fsp3) is 0.567. The molecule has 0 atom stereocenters. The van der Waals surface area contributed by atoms with E-state index in [9.17, 15) is 4.79 Å². The Labute approximate surface area is 231 Å². The molecule has 1 aromatic rings. The molecule has 8 nitrogen and oxygen atoms in total. The van der Waals surface area contributed by atoms with Gasteiger partial charge in [-0.1, -0.05) is 18.7 Å². The zero-order valence-corrected chi connectivity index (χ0v) is 25.0. The highest BCUT2D eigenvalue weighted by atomic mass is 16.5. The third-order valence-electron chi connectivity index (χ3n) is 7.12. The fourth-order valence-corrected chi connectivity index (χ4v) is 4.72. The molecule has 2 aliphatic heterocycles. The molecule has 0 aliphatic carbocycles. The molecule has 0 aromatic heterocycles. The first-order valence-electron chi connectivity index (χ1n) is 13.5. The van der Waals surface area contributed by atoms with Gasteiger partial charge in [-0.05, 0) is 102 Å². The molecule has 38 heavy (non-hydrogen) atoms. The molecule has 0 spiro atoms. The minimum Gasteiger partial charge on any atom is -0.489 e. The van der Waals surface area contributed by atoms with Crippen molar-refractivity contribution in [1.29, 1.82) is 0 Å². The number of amides is 1. The molecule has 0 radical (unpaired) electrons. The van der Waals surface area contributed by atoms with Crippen molar-refractivity contribution < 1.29 is 9.53 Å². The number of allylic oxidation sites excluding steroid dienone is 2. The Hall–Kier alpha value is -2.65. The van der Waals surface area contributed by atoms with Gasteiger partial charge in [-0.15, -0.1) is 0 Å². The Morgan fingerprint density at radius 1 is 1.18 bits per heavy atom. The zero-order valence-electron chi connectivity index (χ0n) is 25.0. The van der Waals surface area contributed by atoms with Gasteiger partial charge in [0.25, 0.3) is 0 Å². The number of likely N-dealkylation sites (tertiary alicyclic amines) is 2. The highest BCUT2D eigenvalue weighted by Gasteiger charge is 2.35. The second-order valence-corrected chi connectivity index (χ2v) is 10.1. The average molecular weight is 529 g/mol. The SMILES string of the molecule is C=CC(=O)N1CCC(N2CC(c3ccc(OC/C(C)=C(C)\C(C)=C\N(C)N)c(C)c3)C2)CC1.CN.CNC. The minimum absolute atomic E-state index is 0.0586. The van der Waals surface area contributed by atoms with Crippen molar-refractivity contribution >= 4 is 5.91 Å². The Bertz CT molecular complexity index is 942. The third-order valence-corrected chi connectivity index (χ3v) is 7.12. The second-order valence-electron chi connectivity index (χ2n) is 10.1. The summed E-state index contributed by atoms with van der Waals surface area (Å²) in [5, 5.41) is 4.32. The van der Waals surface area contributed by atoms with Gasteiger partial charge in [0.2, 0.25) is 5.91 Å². The van der Waals surface area contributed by atoms with E-state index in [1.54, 1.807) is 5.01 Å². The number of rotatable bonds is 8. The number of nitrogens with one attached hydrogen (secondary N) is 1. The van der Waals surface area contributed by atoms with Crippen LogP contribution < -0.4 is 21.6 Å². The van der Waals surface area contributed by atoms with Crippen molar-refractivity contribution in [1.82, 2.24) is 20.1 Å². The topological polar surface area (TPSA) is 100 Å². The number of carbonyl (C=O) groups excluding carboxylic acids is 1. The van der Waals surface area contributed by atoms with Gasteiger partial charge in [0, 0.05) is 51.4 Å². The molecular weight excluding hydrogens is 476 g/mol. The predicted octanol–water partition coefficient (Wildman–Crippen LogP) is 3.41. The van der Waals surface area contributed by atoms with Gasteiger partial charge in [0.15, 0.2) is 0 Å². The lowest BCUT2D eigenvalue weighted by atomic mass is 9.87. The van der Waals surface area contributed by atoms with E-state index in [4.69, 9.17) is 10.6 Å². The molecule has 1 amide bonds. The first-order valence-corrected chi connectivity index (χ1v) is 13.5. The summed E-state index contributed by atoms with van der Waals surface area (Å²) in [6.45, 7) is 16.4. The maximum absolute atomic E-state index is 11.8. The fourth-order valence-electron chi connectivity index (χ4n) is 4.72. The molecule has 3 rings (SSSR count). The van der Waals surface area contributed by atoms with Gasteiger partial charge in [-0.25, -0.2) is 5.84 Å². The molecule has 2 saturated heterocycles. The van der Waals surface area contributed by atoms with Crippen LogP contribution in [-0.2, 0) is 4.79 Å². The largest absolute Gasteiger partial charge is 0.489 e. The Kier molecular flexibility index (Phi) is 15.0. The van der Waals surface area contributed by atoms with Crippen LogP contribution in [0.2, 0.25) is 0 Å². The molecule has 2 fully saturated rings. The summed E-state index contributed by atoms with van der Waals surface area (Å²) < 4.78 is 6.14. The molecule has 2 aliphatic rings. The minimum atomic E-state index is 0.0586. The van der Waals surface area contributed by atoms with E-state index in [2.05, 4.69) is 68.4 Å². The summed E-state index contributed by atoms with van der Waals surface area (Å²) >= 11 is 0. The monoisotopic (exact) mass is 528 g/mol. The summed E-state index contributed by atoms with van der Waals surface area (Å²) in [7, 11) is 7.07. The molecule has 214 valence electrons. The van der Waals surface area contributed by atoms with E-state index in [0.717, 1.165) is 50.3 Å². The third kappa shape index (κ3) is 9.91. The zero-order chi connectivity index (χ0) is 28.8. The van der Waals surface area contributed by atoms with E-state index in [1.807, 2.05) is 32.2 Å². The highest BCUT2D eigenvalue weighted by molar-refractivity contribution is 5.87. The molecule has 2 heterocycles. The normalized spacial score (nSPS) is 17.2. The number of ether oxygens (including phenoxy) is 1. The van der Waals surface area contributed by atoms with Crippen molar-refractivity contribution in [3.8, 4) is 5.75 Å². The number of hydrazine groups is 1. The Balaban J connectivity index is 0.00000135. The van der Waals surface area contributed by atoms with Crippen molar-refractivity contribution in [2.24, 2.45) is 11.6 Å². The van der Waals surface area contributed by atoms with Crippen molar-refractivity contribution in [2.45, 2.75) is 52.5 Å². The van der Waals surface area contributed by atoms with Gasteiger partial charge >= 0.3 is 0 Å². The van der Waals surface area contributed by atoms with Crippen molar-refractivity contribution in [3.63, 3.8) is 0 Å². The number of nitrogens with zero attached hydrogens (tertiary/aromatic N) is 3. The number of carbonyl (C=O) groups is 1. The maximum atomic E-state index is 11.8. The number of hydrogen-bond acceptors (Lipinski definition) is 7. The summed E-state index contributed by atoms with van der Waals surface area (Å²) in [6, 6.07) is 7.21. The van der Waals surface area contributed by atoms with Crippen LogP contribution in [0.5, 0.6) is 5.75 Å². The summed E-state index contributed by atoms with van der Waals surface area (Å²) in [6.07, 6.45) is 5.46. The molecule has 0 saturated carbocycles. The number of aryl methyl sites for hydroxylation is 1. The Morgan fingerprint density at radius 3 is 2.26 bits per heavy atom.